The van der Waals surface area contributed by atoms with Gasteiger partial charge in [-0.3, -0.25) is 4.79 Å². The summed E-state index contributed by atoms with van der Waals surface area (Å²) in [6.07, 6.45) is 0.0798. The highest BCUT2D eigenvalue weighted by molar-refractivity contribution is 5.89. The molecule has 25 heavy (non-hydrogen) atoms. The standard InChI is InChI=1S/C20H21NO4/c1-21(19(23)25-14-15-9-5-3-6-10-15)17-13-20(17,18(22)24-2)16-11-7-4-8-12-16/h3-12,17H,13-14H2,1-2H3/t17-,20+/m0/s1. The van der Waals surface area contributed by atoms with Crippen molar-refractivity contribution in [3.8, 4) is 0 Å². The lowest BCUT2D eigenvalue weighted by Crippen LogP contribution is -2.37. The SMILES string of the molecule is COC(=O)[C@@]1(c2ccccc2)C[C@@H]1N(C)C(=O)OCc1ccccc1. The zero-order valence-corrected chi connectivity index (χ0v) is 14.3. The number of amides is 1. The fraction of sp³-hybridized carbons (Fsp3) is 0.300. The summed E-state index contributed by atoms with van der Waals surface area (Å²) in [5.74, 6) is -0.327. The van der Waals surface area contributed by atoms with E-state index >= 15 is 0 Å². The third kappa shape index (κ3) is 3.22. The molecule has 0 aromatic heterocycles. The quantitative estimate of drug-likeness (QED) is 0.785. The molecule has 1 amide bonds. The number of carbonyl (C=O) groups excluding carboxylic acids is 2. The van der Waals surface area contributed by atoms with Gasteiger partial charge in [0.05, 0.1) is 13.2 Å². The van der Waals surface area contributed by atoms with Crippen LogP contribution in [0.25, 0.3) is 0 Å². The number of hydrogen-bond donors (Lipinski definition) is 0. The summed E-state index contributed by atoms with van der Waals surface area (Å²) in [6, 6.07) is 18.6. The van der Waals surface area contributed by atoms with E-state index in [4.69, 9.17) is 9.47 Å². The molecule has 0 heterocycles. The molecule has 1 saturated carbocycles. The van der Waals surface area contributed by atoms with Gasteiger partial charge >= 0.3 is 12.1 Å². The van der Waals surface area contributed by atoms with Gasteiger partial charge < -0.3 is 14.4 Å². The van der Waals surface area contributed by atoms with E-state index in [0.29, 0.717) is 6.42 Å². The monoisotopic (exact) mass is 339 g/mol. The zero-order valence-electron chi connectivity index (χ0n) is 14.3. The van der Waals surface area contributed by atoms with Gasteiger partial charge in [0.2, 0.25) is 0 Å². The summed E-state index contributed by atoms with van der Waals surface area (Å²) in [6.45, 7) is 0.202. The Morgan fingerprint density at radius 3 is 2.28 bits per heavy atom. The Balaban J connectivity index is 1.70. The molecule has 2 aromatic rings. The number of ether oxygens (including phenoxy) is 2. The second kappa shape index (κ2) is 6.97. The minimum atomic E-state index is -0.809. The van der Waals surface area contributed by atoms with Crippen LogP contribution in [0, 0.1) is 0 Å². The van der Waals surface area contributed by atoms with Crippen molar-refractivity contribution in [1.82, 2.24) is 4.90 Å². The highest BCUT2D eigenvalue weighted by atomic mass is 16.6. The Labute approximate surface area is 147 Å². The number of likely N-dealkylation sites (N-methyl/N-ethyl adjacent to an activating group) is 1. The summed E-state index contributed by atoms with van der Waals surface area (Å²) in [4.78, 5) is 26.3. The van der Waals surface area contributed by atoms with Crippen molar-refractivity contribution in [2.75, 3.05) is 14.2 Å². The van der Waals surface area contributed by atoms with Crippen molar-refractivity contribution < 1.29 is 19.1 Å². The first kappa shape index (κ1) is 17.0. The third-order valence-corrected chi connectivity index (χ3v) is 4.72. The van der Waals surface area contributed by atoms with Gasteiger partial charge in [0.15, 0.2) is 0 Å². The van der Waals surface area contributed by atoms with E-state index in [2.05, 4.69) is 0 Å². The zero-order chi connectivity index (χ0) is 17.9. The topological polar surface area (TPSA) is 55.8 Å². The molecule has 0 radical (unpaired) electrons. The van der Waals surface area contributed by atoms with Gasteiger partial charge in [-0.25, -0.2) is 4.79 Å². The van der Waals surface area contributed by atoms with E-state index < -0.39 is 11.5 Å². The lowest BCUT2D eigenvalue weighted by molar-refractivity contribution is -0.144. The van der Waals surface area contributed by atoms with Gasteiger partial charge in [0, 0.05) is 7.05 Å². The van der Waals surface area contributed by atoms with Crippen LogP contribution in [0.4, 0.5) is 4.79 Å². The van der Waals surface area contributed by atoms with Gasteiger partial charge in [0.25, 0.3) is 0 Å². The first-order valence-corrected chi connectivity index (χ1v) is 8.17. The average Bonchev–Trinajstić information content (AvgIpc) is 3.43. The van der Waals surface area contributed by atoms with Crippen molar-refractivity contribution in [2.24, 2.45) is 0 Å². The second-order valence-electron chi connectivity index (χ2n) is 6.20. The van der Waals surface area contributed by atoms with Gasteiger partial charge in [-0.2, -0.15) is 0 Å². The molecule has 1 aliphatic rings. The van der Waals surface area contributed by atoms with Gasteiger partial charge in [0.1, 0.15) is 12.0 Å². The summed E-state index contributed by atoms with van der Waals surface area (Å²) in [5.41, 5.74) is 0.966. The number of rotatable bonds is 5. The maximum atomic E-state index is 12.4. The number of esters is 1. The molecule has 130 valence electrons. The number of methoxy groups -OCH3 is 1. The molecular weight excluding hydrogens is 318 g/mol. The number of benzene rings is 2. The molecule has 0 saturated heterocycles. The fourth-order valence-electron chi connectivity index (χ4n) is 3.23. The fourth-order valence-corrected chi connectivity index (χ4v) is 3.23. The minimum absolute atomic E-state index is 0.202. The molecule has 5 heteroatoms. The average molecular weight is 339 g/mol. The molecule has 3 rings (SSSR count). The predicted molar refractivity (Wildman–Crippen MR) is 92.9 cm³/mol. The van der Waals surface area contributed by atoms with Crippen molar-refractivity contribution in [3.63, 3.8) is 0 Å². The maximum Gasteiger partial charge on any atom is 0.410 e. The van der Waals surface area contributed by atoms with Gasteiger partial charge in [-0.15, -0.1) is 0 Å². The van der Waals surface area contributed by atoms with Gasteiger partial charge in [-0.05, 0) is 17.5 Å². The van der Waals surface area contributed by atoms with Crippen molar-refractivity contribution in [2.45, 2.75) is 24.5 Å². The normalized spacial score (nSPS) is 21.3. The molecule has 1 fully saturated rings. The molecular formula is C20H21NO4. The first-order chi connectivity index (χ1) is 12.1. The molecule has 2 aromatic carbocycles. The van der Waals surface area contributed by atoms with Crippen LogP contribution in [0.5, 0.6) is 0 Å². The van der Waals surface area contributed by atoms with Crippen molar-refractivity contribution in [3.05, 3.63) is 71.8 Å². The van der Waals surface area contributed by atoms with E-state index in [9.17, 15) is 9.59 Å². The van der Waals surface area contributed by atoms with E-state index in [1.165, 1.54) is 12.0 Å². The second-order valence-corrected chi connectivity index (χ2v) is 6.20. The van der Waals surface area contributed by atoms with E-state index in [1.807, 2.05) is 60.7 Å². The summed E-state index contributed by atoms with van der Waals surface area (Å²) in [5, 5.41) is 0. The van der Waals surface area contributed by atoms with Crippen molar-refractivity contribution >= 4 is 12.1 Å². The van der Waals surface area contributed by atoms with Gasteiger partial charge in [-0.1, -0.05) is 60.7 Å². The van der Waals surface area contributed by atoms with Crippen LogP contribution < -0.4 is 0 Å². The highest BCUT2D eigenvalue weighted by Crippen LogP contribution is 2.52. The third-order valence-electron chi connectivity index (χ3n) is 4.72. The smallest absolute Gasteiger partial charge is 0.410 e. The highest BCUT2D eigenvalue weighted by Gasteiger charge is 2.65. The molecule has 2 atom stereocenters. The van der Waals surface area contributed by atoms with Crippen LogP contribution in [-0.2, 0) is 26.3 Å². The van der Waals surface area contributed by atoms with Crippen LogP contribution in [-0.4, -0.2) is 37.2 Å². The number of carbonyl (C=O) groups is 2. The molecule has 5 nitrogen and oxygen atoms in total. The van der Waals surface area contributed by atoms with Crippen LogP contribution >= 0.6 is 0 Å². The van der Waals surface area contributed by atoms with Crippen LogP contribution in [0.3, 0.4) is 0 Å². The number of hydrogen-bond acceptors (Lipinski definition) is 4. The molecule has 0 bridgehead atoms. The molecule has 0 aliphatic heterocycles. The summed E-state index contributed by atoms with van der Waals surface area (Å²) in [7, 11) is 3.03. The van der Waals surface area contributed by atoms with Crippen molar-refractivity contribution in [1.29, 1.82) is 0 Å². The Hall–Kier alpha value is -2.82. The summed E-state index contributed by atoms with van der Waals surface area (Å²) < 4.78 is 10.4. The Kier molecular flexibility index (Phi) is 4.74. The lowest BCUT2D eigenvalue weighted by Gasteiger charge is -2.22. The van der Waals surface area contributed by atoms with Crippen LogP contribution in [0.2, 0.25) is 0 Å². The van der Waals surface area contributed by atoms with E-state index in [1.54, 1.807) is 7.05 Å². The van der Waals surface area contributed by atoms with E-state index in [0.717, 1.165) is 11.1 Å². The minimum Gasteiger partial charge on any atom is -0.468 e. The predicted octanol–water partition coefficient (Wildman–Crippen LogP) is 3.14. The Morgan fingerprint density at radius 1 is 1.08 bits per heavy atom. The largest absolute Gasteiger partial charge is 0.468 e. The van der Waals surface area contributed by atoms with Crippen LogP contribution in [0.15, 0.2) is 60.7 Å². The molecule has 0 spiro atoms. The number of nitrogens with zero attached hydrogens (tertiary/aromatic N) is 1. The van der Waals surface area contributed by atoms with E-state index in [-0.39, 0.29) is 18.6 Å². The Bertz CT molecular complexity index is 747. The summed E-state index contributed by atoms with van der Waals surface area (Å²) >= 11 is 0. The molecule has 0 N–H and O–H groups in total. The van der Waals surface area contributed by atoms with Crippen LogP contribution in [0.1, 0.15) is 17.5 Å². The Morgan fingerprint density at radius 2 is 1.68 bits per heavy atom. The maximum absolute atomic E-state index is 12.4. The molecule has 1 aliphatic carbocycles. The lowest BCUT2D eigenvalue weighted by atomic mass is 9.95. The first-order valence-electron chi connectivity index (χ1n) is 8.17. The molecule has 0 unspecified atom stereocenters.